The van der Waals surface area contributed by atoms with Gasteiger partial charge in [-0.2, -0.15) is 13.2 Å². The first kappa shape index (κ1) is 22.7. The summed E-state index contributed by atoms with van der Waals surface area (Å²) in [6.07, 6.45) is -4.71. The zero-order valence-electron chi connectivity index (χ0n) is 17.2. The molecule has 7 nitrogen and oxygen atoms in total. The van der Waals surface area contributed by atoms with E-state index in [4.69, 9.17) is 0 Å². The Morgan fingerprint density at radius 1 is 0.941 bits per heavy atom. The number of amides is 1. The van der Waals surface area contributed by atoms with Crippen molar-refractivity contribution in [3.8, 4) is 0 Å². The van der Waals surface area contributed by atoms with E-state index in [-0.39, 0.29) is 22.5 Å². The van der Waals surface area contributed by atoms with Gasteiger partial charge >= 0.3 is 6.18 Å². The van der Waals surface area contributed by atoms with Gasteiger partial charge in [-0.1, -0.05) is 48.5 Å². The molecule has 0 bridgehead atoms. The molecule has 1 aliphatic rings. The number of alkyl halides is 3. The maximum atomic E-state index is 13.3. The molecule has 0 unspecified atom stereocenters. The Labute approximate surface area is 190 Å². The lowest BCUT2D eigenvalue weighted by molar-refractivity contribution is -0.384. The van der Waals surface area contributed by atoms with Gasteiger partial charge in [-0.15, -0.1) is 0 Å². The number of non-ortho nitro benzene ring substituents is 1. The van der Waals surface area contributed by atoms with Crippen molar-refractivity contribution < 1.29 is 32.8 Å². The van der Waals surface area contributed by atoms with E-state index in [0.29, 0.717) is 6.07 Å². The smallest absolute Gasteiger partial charge is 0.416 e. The summed E-state index contributed by atoms with van der Waals surface area (Å²) in [5.41, 5.74) is -1.78. The molecular weight excluding hydrogens is 453 g/mol. The van der Waals surface area contributed by atoms with Gasteiger partial charge in [-0.3, -0.25) is 24.6 Å². The molecule has 1 atom stereocenters. The van der Waals surface area contributed by atoms with E-state index in [0.717, 1.165) is 23.1 Å². The van der Waals surface area contributed by atoms with Gasteiger partial charge in [0, 0.05) is 23.4 Å². The number of nitrogens with zero attached hydrogens (tertiary/aromatic N) is 2. The maximum absolute atomic E-state index is 13.3. The number of carbonyl (C=O) groups excluding carboxylic acids is 2. The summed E-state index contributed by atoms with van der Waals surface area (Å²) in [6.45, 7) is 0. The number of nitro benzene ring substituents is 1. The fraction of sp³-hybridized carbons (Fsp3) is 0.0833. The van der Waals surface area contributed by atoms with Crippen LogP contribution in [0.1, 0.15) is 22.7 Å². The van der Waals surface area contributed by atoms with Gasteiger partial charge in [0.15, 0.2) is 0 Å². The van der Waals surface area contributed by atoms with Crippen LogP contribution in [0.2, 0.25) is 0 Å². The van der Waals surface area contributed by atoms with Crippen LogP contribution < -0.4 is 4.90 Å². The normalized spacial score (nSPS) is 17.7. The second kappa shape index (κ2) is 8.47. The summed E-state index contributed by atoms with van der Waals surface area (Å²) in [6, 6.07) is 15.2. The fourth-order valence-electron chi connectivity index (χ4n) is 3.81. The standard InChI is InChI=1S/C24H15F3N2O5/c25-24(26,27)16-9-5-10-17(13-16)28-20(15-8-4-11-18(12-15)29(33)34)19(22(31)23(28)32)21(30)14-6-2-1-3-7-14/h1-13,20,30H/t20-/m0/s1. The van der Waals surface area contributed by atoms with Crippen molar-refractivity contribution in [2.75, 3.05) is 4.90 Å². The number of hydrogen-bond acceptors (Lipinski definition) is 5. The van der Waals surface area contributed by atoms with Crippen LogP contribution in [0.15, 0.2) is 84.4 Å². The van der Waals surface area contributed by atoms with Crippen LogP contribution in [0.3, 0.4) is 0 Å². The number of nitro groups is 1. The second-order valence-electron chi connectivity index (χ2n) is 7.44. The summed E-state index contributed by atoms with van der Waals surface area (Å²) < 4.78 is 40.0. The molecule has 0 aromatic heterocycles. The van der Waals surface area contributed by atoms with E-state index in [1.54, 1.807) is 18.2 Å². The number of rotatable bonds is 4. The molecule has 1 N–H and O–H groups in total. The summed E-state index contributed by atoms with van der Waals surface area (Å²) in [7, 11) is 0. The van der Waals surface area contributed by atoms with Crippen molar-refractivity contribution in [1.29, 1.82) is 0 Å². The number of hydrogen-bond donors (Lipinski definition) is 1. The molecule has 0 saturated carbocycles. The SMILES string of the molecule is O=C1C(=O)N(c2cccc(C(F)(F)F)c2)[C@@H](c2cccc([N+](=O)[O-])c2)C1=C(O)c1ccccc1. The molecule has 1 heterocycles. The largest absolute Gasteiger partial charge is 0.507 e. The van der Waals surface area contributed by atoms with Crippen molar-refractivity contribution in [3.05, 3.63) is 111 Å². The molecular formula is C24H15F3N2O5. The number of aliphatic hydroxyl groups excluding tert-OH is 1. The van der Waals surface area contributed by atoms with E-state index < -0.39 is 45.7 Å². The van der Waals surface area contributed by atoms with E-state index in [9.17, 15) is 38.0 Å². The number of Topliss-reactive ketones (excluding diaryl/α,β-unsaturated/α-hetero) is 1. The lowest BCUT2D eigenvalue weighted by atomic mass is 9.94. The van der Waals surface area contributed by atoms with Crippen molar-refractivity contribution in [3.63, 3.8) is 0 Å². The van der Waals surface area contributed by atoms with Crippen molar-refractivity contribution in [2.45, 2.75) is 12.2 Å². The Morgan fingerprint density at radius 3 is 2.26 bits per heavy atom. The first-order chi connectivity index (χ1) is 16.1. The molecule has 3 aromatic rings. The Bertz CT molecular complexity index is 1340. The van der Waals surface area contributed by atoms with Gasteiger partial charge in [-0.25, -0.2) is 0 Å². The van der Waals surface area contributed by atoms with E-state index in [2.05, 4.69) is 0 Å². The molecule has 3 aromatic carbocycles. The molecule has 1 amide bonds. The van der Waals surface area contributed by atoms with Crippen LogP contribution in [-0.2, 0) is 15.8 Å². The van der Waals surface area contributed by atoms with Crippen LogP contribution in [0.4, 0.5) is 24.5 Å². The first-order valence-corrected chi connectivity index (χ1v) is 9.87. The molecule has 0 aliphatic carbocycles. The first-order valence-electron chi connectivity index (χ1n) is 9.87. The Kier molecular flexibility index (Phi) is 5.66. The third-order valence-corrected chi connectivity index (χ3v) is 5.34. The van der Waals surface area contributed by atoms with Gasteiger partial charge in [0.05, 0.1) is 22.1 Å². The van der Waals surface area contributed by atoms with E-state index in [1.165, 1.54) is 36.4 Å². The second-order valence-corrected chi connectivity index (χ2v) is 7.44. The number of ketones is 1. The van der Waals surface area contributed by atoms with Gasteiger partial charge in [0.25, 0.3) is 17.4 Å². The lowest BCUT2D eigenvalue weighted by Gasteiger charge is -2.26. The molecule has 1 aliphatic heterocycles. The topological polar surface area (TPSA) is 101 Å². The number of halogens is 3. The number of anilines is 1. The van der Waals surface area contributed by atoms with Crippen molar-refractivity contribution >= 4 is 28.8 Å². The summed E-state index contributed by atoms with van der Waals surface area (Å²) in [5, 5.41) is 22.2. The number of aliphatic hydroxyl groups is 1. The lowest BCUT2D eigenvalue weighted by Crippen LogP contribution is -2.29. The molecule has 0 radical (unpaired) electrons. The molecule has 0 spiro atoms. The quantitative estimate of drug-likeness (QED) is 0.186. The van der Waals surface area contributed by atoms with Crippen LogP contribution in [0.25, 0.3) is 5.76 Å². The number of benzene rings is 3. The number of carbonyl (C=O) groups is 2. The van der Waals surface area contributed by atoms with Crippen LogP contribution >= 0.6 is 0 Å². The predicted octanol–water partition coefficient (Wildman–Crippen LogP) is 5.24. The predicted molar refractivity (Wildman–Crippen MR) is 116 cm³/mol. The summed E-state index contributed by atoms with van der Waals surface area (Å²) >= 11 is 0. The third kappa shape index (κ3) is 4.01. The third-order valence-electron chi connectivity index (χ3n) is 5.34. The molecule has 172 valence electrons. The Morgan fingerprint density at radius 2 is 1.62 bits per heavy atom. The van der Waals surface area contributed by atoms with E-state index in [1.807, 2.05) is 0 Å². The van der Waals surface area contributed by atoms with Crippen molar-refractivity contribution in [2.24, 2.45) is 0 Å². The zero-order chi connectivity index (χ0) is 24.6. The molecule has 34 heavy (non-hydrogen) atoms. The highest BCUT2D eigenvalue weighted by atomic mass is 19.4. The Balaban J connectivity index is 1.98. The highest BCUT2D eigenvalue weighted by Gasteiger charge is 2.47. The maximum Gasteiger partial charge on any atom is 0.416 e. The van der Waals surface area contributed by atoms with Gasteiger partial charge in [-0.05, 0) is 23.8 Å². The zero-order valence-corrected chi connectivity index (χ0v) is 17.2. The monoisotopic (exact) mass is 468 g/mol. The van der Waals surface area contributed by atoms with Gasteiger partial charge in [0.2, 0.25) is 0 Å². The summed E-state index contributed by atoms with van der Waals surface area (Å²) in [5.74, 6) is -2.85. The molecule has 1 saturated heterocycles. The van der Waals surface area contributed by atoms with Crippen LogP contribution in [0, 0.1) is 10.1 Å². The van der Waals surface area contributed by atoms with Crippen LogP contribution in [-0.4, -0.2) is 21.7 Å². The Hall–Kier alpha value is -4.47. The minimum Gasteiger partial charge on any atom is -0.507 e. The van der Waals surface area contributed by atoms with Gasteiger partial charge in [0.1, 0.15) is 5.76 Å². The van der Waals surface area contributed by atoms with E-state index >= 15 is 0 Å². The molecule has 10 heteroatoms. The van der Waals surface area contributed by atoms with Crippen LogP contribution in [0.5, 0.6) is 0 Å². The molecule has 4 rings (SSSR count). The summed E-state index contributed by atoms with van der Waals surface area (Å²) in [4.78, 5) is 37.5. The highest BCUT2D eigenvalue weighted by molar-refractivity contribution is 6.51. The minimum atomic E-state index is -4.71. The van der Waals surface area contributed by atoms with Crippen molar-refractivity contribution in [1.82, 2.24) is 0 Å². The average molecular weight is 468 g/mol. The molecule has 1 fully saturated rings. The highest BCUT2D eigenvalue weighted by Crippen LogP contribution is 2.43. The average Bonchev–Trinajstić information content (AvgIpc) is 3.09. The fourth-order valence-corrected chi connectivity index (χ4v) is 3.81. The minimum absolute atomic E-state index is 0.0725. The van der Waals surface area contributed by atoms with Gasteiger partial charge < -0.3 is 5.11 Å².